The predicted molar refractivity (Wildman–Crippen MR) is 66.4 cm³/mol. The molecule has 0 aliphatic rings. The number of nitrogens with zero attached hydrogens (tertiary/aromatic N) is 1. The fraction of sp³-hybridized carbons (Fsp3) is 0.231. The molecule has 0 spiro atoms. The lowest BCUT2D eigenvalue weighted by molar-refractivity contribution is 0.0997. The molecule has 1 aromatic rings. The van der Waals surface area contributed by atoms with Crippen LogP contribution in [0.1, 0.15) is 28.8 Å². The second-order valence-corrected chi connectivity index (χ2v) is 3.56. The van der Waals surface area contributed by atoms with Crippen molar-refractivity contribution in [3.63, 3.8) is 0 Å². The van der Waals surface area contributed by atoms with Crippen LogP contribution in [0.2, 0.25) is 0 Å². The van der Waals surface area contributed by atoms with E-state index >= 15 is 0 Å². The van der Waals surface area contributed by atoms with Crippen molar-refractivity contribution in [1.82, 2.24) is 0 Å². The number of hydrogen-bond acceptors (Lipinski definition) is 3. The van der Waals surface area contributed by atoms with Gasteiger partial charge in [0.15, 0.2) is 5.78 Å². The van der Waals surface area contributed by atoms with Crippen molar-refractivity contribution in [2.75, 3.05) is 5.75 Å². The molecular formula is C13H11NOS. The van der Waals surface area contributed by atoms with Crippen LogP contribution in [0.5, 0.6) is 0 Å². The van der Waals surface area contributed by atoms with E-state index in [4.69, 9.17) is 5.26 Å². The topological polar surface area (TPSA) is 40.9 Å². The van der Waals surface area contributed by atoms with Gasteiger partial charge in [-0.05, 0) is 12.1 Å². The van der Waals surface area contributed by atoms with Gasteiger partial charge in [0.2, 0.25) is 0 Å². The van der Waals surface area contributed by atoms with Crippen molar-refractivity contribution >= 4 is 18.4 Å². The zero-order chi connectivity index (χ0) is 11.8. The molecule has 0 atom stereocenters. The summed E-state index contributed by atoms with van der Waals surface area (Å²) in [6, 6.07) is 8.87. The summed E-state index contributed by atoms with van der Waals surface area (Å²) in [4.78, 5) is 11.4. The third kappa shape index (κ3) is 3.81. The zero-order valence-corrected chi connectivity index (χ0v) is 9.63. The molecule has 0 saturated heterocycles. The lowest BCUT2D eigenvalue weighted by Gasteiger charge is -1.96. The minimum Gasteiger partial charge on any atom is -0.293 e. The van der Waals surface area contributed by atoms with E-state index in [1.807, 2.05) is 12.1 Å². The number of benzene rings is 1. The van der Waals surface area contributed by atoms with Gasteiger partial charge in [0.1, 0.15) is 0 Å². The van der Waals surface area contributed by atoms with E-state index in [2.05, 4.69) is 24.5 Å². The first-order chi connectivity index (χ1) is 7.77. The lowest BCUT2D eigenvalue weighted by atomic mass is 10.1. The Bertz CT molecular complexity index is 477. The van der Waals surface area contributed by atoms with Gasteiger partial charge in [-0.15, -0.1) is 0 Å². The molecule has 80 valence electrons. The molecule has 0 aliphatic carbocycles. The maximum absolute atomic E-state index is 11.4. The van der Waals surface area contributed by atoms with Gasteiger partial charge < -0.3 is 0 Å². The van der Waals surface area contributed by atoms with Crippen LogP contribution in [-0.4, -0.2) is 11.5 Å². The van der Waals surface area contributed by atoms with Crippen LogP contribution in [0.3, 0.4) is 0 Å². The number of carbonyl (C=O) groups is 1. The minimum atomic E-state index is -0.166. The van der Waals surface area contributed by atoms with Crippen molar-refractivity contribution in [2.45, 2.75) is 12.8 Å². The van der Waals surface area contributed by atoms with Gasteiger partial charge in [0.25, 0.3) is 0 Å². The van der Waals surface area contributed by atoms with Crippen LogP contribution < -0.4 is 0 Å². The Balaban J connectivity index is 2.85. The predicted octanol–water partition coefficient (Wildman–Crippen LogP) is 2.45. The monoisotopic (exact) mass is 229 g/mol. The molecule has 0 bridgehead atoms. The van der Waals surface area contributed by atoms with Gasteiger partial charge in [-0.2, -0.15) is 17.9 Å². The first-order valence-electron chi connectivity index (χ1n) is 4.88. The van der Waals surface area contributed by atoms with Crippen LogP contribution in [0.15, 0.2) is 24.3 Å². The van der Waals surface area contributed by atoms with Crippen molar-refractivity contribution in [1.29, 1.82) is 5.26 Å². The van der Waals surface area contributed by atoms with Gasteiger partial charge in [0, 0.05) is 23.3 Å². The highest BCUT2D eigenvalue weighted by atomic mass is 32.1. The van der Waals surface area contributed by atoms with Crippen LogP contribution in [0, 0.1) is 23.2 Å². The zero-order valence-electron chi connectivity index (χ0n) is 8.73. The minimum absolute atomic E-state index is 0.0898. The molecule has 0 fully saturated rings. The third-order valence-electron chi connectivity index (χ3n) is 1.89. The molecule has 0 radical (unpaired) electrons. The summed E-state index contributed by atoms with van der Waals surface area (Å²) in [6.07, 6.45) is 0.632. The van der Waals surface area contributed by atoms with Crippen LogP contribution >= 0.6 is 12.6 Å². The summed E-state index contributed by atoms with van der Waals surface area (Å²) >= 11 is 4.06. The maximum Gasteiger partial charge on any atom is 0.176 e. The lowest BCUT2D eigenvalue weighted by Crippen LogP contribution is -1.97. The van der Waals surface area contributed by atoms with Crippen molar-refractivity contribution in [3.8, 4) is 17.9 Å². The van der Waals surface area contributed by atoms with E-state index in [9.17, 15) is 4.79 Å². The highest BCUT2D eigenvalue weighted by molar-refractivity contribution is 7.80. The second kappa shape index (κ2) is 6.71. The van der Waals surface area contributed by atoms with Crippen molar-refractivity contribution in [3.05, 3.63) is 35.4 Å². The summed E-state index contributed by atoms with van der Waals surface area (Å²) in [5.74, 6) is 6.45. The maximum atomic E-state index is 11.4. The number of Topliss-reactive ketones (excluding diaryl/α,β-unsaturated/α-hetero) is 1. The molecule has 0 aliphatic heterocycles. The number of thiol groups is 1. The highest BCUT2D eigenvalue weighted by Gasteiger charge is 2.04. The first-order valence-corrected chi connectivity index (χ1v) is 5.51. The number of rotatable bonds is 3. The summed E-state index contributed by atoms with van der Waals surface area (Å²) in [7, 11) is 0. The summed E-state index contributed by atoms with van der Waals surface area (Å²) in [5.41, 5.74) is 1.34. The van der Waals surface area contributed by atoms with Gasteiger partial charge >= 0.3 is 0 Å². The molecule has 0 amide bonds. The van der Waals surface area contributed by atoms with E-state index in [-0.39, 0.29) is 12.2 Å². The van der Waals surface area contributed by atoms with E-state index in [1.54, 1.807) is 18.2 Å². The Hall–Kier alpha value is -1.71. The third-order valence-corrected chi connectivity index (χ3v) is 2.12. The van der Waals surface area contributed by atoms with Gasteiger partial charge in [-0.1, -0.05) is 24.0 Å². The van der Waals surface area contributed by atoms with E-state index in [0.29, 0.717) is 5.56 Å². The molecule has 0 heterocycles. The van der Waals surface area contributed by atoms with Crippen molar-refractivity contribution in [2.24, 2.45) is 0 Å². The SMILES string of the molecule is N#CCC(=O)c1cccc(C#CCCS)c1. The molecule has 1 rings (SSSR count). The molecule has 3 heteroatoms. The summed E-state index contributed by atoms with van der Waals surface area (Å²) in [6.45, 7) is 0. The van der Waals surface area contributed by atoms with E-state index in [1.165, 1.54) is 0 Å². The highest BCUT2D eigenvalue weighted by Crippen LogP contribution is 2.06. The average molecular weight is 229 g/mol. The molecular weight excluding hydrogens is 218 g/mol. The molecule has 2 nitrogen and oxygen atoms in total. The Labute approximate surface area is 101 Å². The van der Waals surface area contributed by atoms with Gasteiger partial charge in [-0.25, -0.2) is 0 Å². The van der Waals surface area contributed by atoms with E-state index in [0.717, 1.165) is 17.7 Å². The number of ketones is 1. The van der Waals surface area contributed by atoms with E-state index < -0.39 is 0 Å². The Morgan fingerprint density at radius 3 is 2.94 bits per heavy atom. The molecule has 0 saturated carbocycles. The van der Waals surface area contributed by atoms with Crippen LogP contribution in [0.25, 0.3) is 0 Å². The molecule has 16 heavy (non-hydrogen) atoms. The largest absolute Gasteiger partial charge is 0.293 e. The number of carbonyl (C=O) groups excluding carboxylic acids is 1. The smallest absolute Gasteiger partial charge is 0.176 e. The quantitative estimate of drug-likeness (QED) is 0.491. The average Bonchev–Trinajstić information content (AvgIpc) is 2.30. The second-order valence-electron chi connectivity index (χ2n) is 3.11. The van der Waals surface area contributed by atoms with Crippen LogP contribution in [-0.2, 0) is 0 Å². The summed E-state index contributed by atoms with van der Waals surface area (Å²) < 4.78 is 0. The Kier molecular flexibility index (Phi) is 5.19. The number of hydrogen-bond donors (Lipinski definition) is 1. The summed E-state index contributed by atoms with van der Waals surface area (Å²) in [5, 5.41) is 8.43. The molecule has 0 aromatic heterocycles. The Morgan fingerprint density at radius 1 is 1.44 bits per heavy atom. The fourth-order valence-corrected chi connectivity index (χ4v) is 1.28. The molecule has 1 aromatic carbocycles. The molecule has 0 unspecified atom stereocenters. The van der Waals surface area contributed by atoms with Crippen LogP contribution in [0.4, 0.5) is 0 Å². The van der Waals surface area contributed by atoms with Gasteiger partial charge in [0.05, 0.1) is 12.5 Å². The number of nitriles is 1. The standard InChI is InChI=1S/C13H11NOS/c14-8-7-13(15)12-6-3-5-11(10-12)4-1-2-9-16/h3,5-6,10,16H,2,7,9H2. The van der Waals surface area contributed by atoms with Crippen molar-refractivity contribution < 1.29 is 4.79 Å². The first kappa shape index (κ1) is 12.4. The Morgan fingerprint density at radius 2 is 2.25 bits per heavy atom. The normalized spacial score (nSPS) is 8.75. The molecule has 0 N–H and O–H groups in total. The fourth-order valence-electron chi connectivity index (χ4n) is 1.16. The van der Waals surface area contributed by atoms with Gasteiger partial charge in [-0.3, -0.25) is 4.79 Å².